The van der Waals surface area contributed by atoms with Crippen LogP contribution in [0, 0.1) is 0 Å². The first-order valence-electron chi connectivity index (χ1n) is 10.5. The van der Waals surface area contributed by atoms with Crippen molar-refractivity contribution in [2.45, 2.75) is 50.6 Å². The topological polar surface area (TPSA) is 41.6 Å². The van der Waals surface area contributed by atoms with Crippen LogP contribution in [0.25, 0.3) is 0 Å². The molecule has 2 aliphatic heterocycles. The van der Waals surface area contributed by atoms with Gasteiger partial charge < -0.3 is 10.1 Å². The summed E-state index contributed by atoms with van der Waals surface area (Å²) in [6.07, 6.45) is 6.59. The lowest BCUT2D eigenvalue weighted by atomic mass is 9.91. The fourth-order valence-corrected chi connectivity index (χ4v) is 5.31. The molecule has 146 valence electrons. The Hall–Kier alpha value is -2.33. The number of carbonyl (C=O) groups is 1. The molecule has 1 fully saturated rings. The van der Waals surface area contributed by atoms with E-state index in [4.69, 9.17) is 4.74 Å². The van der Waals surface area contributed by atoms with Gasteiger partial charge in [-0.05, 0) is 67.3 Å². The molecule has 0 radical (unpaired) electrons. The highest BCUT2D eigenvalue weighted by molar-refractivity contribution is 5.96. The van der Waals surface area contributed by atoms with Crippen molar-refractivity contribution in [3.8, 4) is 5.75 Å². The minimum atomic E-state index is -0.111. The maximum absolute atomic E-state index is 12.8. The summed E-state index contributed by atoms with van der Waals surface area (Å²) < 4.78 is 5.70. The minimum absolute atomic E-state index is 0.0880. The van der Waals surface area contributed by atoms with Crippen LogP contribution in [0.3, 0.4) is 0 Å². The highest BCUT2D eigenvalue weighted by atomic mass is 16.5. The summed E-state index contributed by atoms with van der Waals surface area (Å²) in [7, 11) is 1.77. The molecule has 1 amide bonds. The average Bonchev–Trinajstić information content (AvgIpc) is 3.29. The molecule has 0 bridgehead atoms. The first-order chi connectivity index (χ1) is 13.7. The van der Waals surface area contributed by atoms with E-state index in [-0.39, 0.29) is 11.4 Å². The van der Waals surface area contributed by atoms with E-state index in [1.165, 1.54) is 41.5 Å². The standard InChI is InChI=1S/C24H28N2O2/c1-28-22-14-19-7-4-6-18(19)13-20(22)15-26-12-11-24(16-26)10-9-17-5-2-3-8-21(17)23(27)25-24/h2-3,5,8,13-14H,4,6-7,9-12,15-16H2,1H3,(H,25,27). The Morgan fingerprint density at radius 2 is 1.89 bits per heavy atom. The van der Waals surface area contributed by atoms with Crippen molar-refractivity contribution in [3.05, 3.63) is 64.2 Å². The summed E-state index contributed by atoms with van der Waals surface area (Å²) >= 11 is 0. The summed E-state index contributed by atoms with van der Waals surface area (Å²) in [5.74, 6) is 1.10. The molecule has 1 atom stereocenters. The van der Waals surface area contributed by atoms with Gasteiger partial charge in [0.25, 0.3) is 5.91 Å². The van der Waals surface area contributed by atoms with E-state index in [0.29, 0.717) is 0 Å². The molecule has 1 saturated heterocycles. The van der Waals surface area contributed by atoms with Crippen molar-refractivity contribution < 1.29 is 9.53 Å². The largest absolute Gasteiger partial charge is 0.496 e. The number of likely N-dealkylation sites (tertiary alicyclic amines) is 1. The Morgan fingerprint density at radius 1 is 1.07 bits per heavy atom. The maximum Gasteiger partial charge on any atom is 0.252 e. The van der Waals surface area contributed by atoms with Crippen LogP contribution in [0.1, 0.15) is 51.9 Å². The third-order valence-corrected chi connectivity index (χ3v) is 6.84. The number of nitrogens with one attached hydrogen (secondary N) is 1. The van der Waals surface area contributed by atoms with Crippen molar-refractivity contribution in [1.82, 2.24) is 10.2 Å². The van der Waals surface area contributed by atoms with Gasteiger partial charge in [-0.25, -0.2) is 0 Å². The fraction of sp³-hybridized carbons (Fsp3) is 0.458. The number of hydrogen-bond donors (Lipinski definition) is 1. The third-order valence-electron chi connectivity index (χ3n) is 6.84. The molecule has 28 heavy (non-hydrogen) atoms. The predicted octanol–water partition coefficient (Wildman–Crippen LogP) is 3.50. The molecule has 1 aliphatic carbocycles. The normalized spacial score (nSPS) is 24.0. The van der Waals surface area contributed by atoms with Crippen LogP contribution in [0.15, 0.2) is 36.4 Å². The third kappa shape index (κ3) is 3.10. The first kappa shape index (κ1) is 17.7. The molecular formula is C24H28N2O2. The molecule has 1 N–H and O–H groups in total. The van der Waals surface area contributed by atoms with E-state index in [9.17, 15) is 4.79 Å². The van der Waals surface area contributed by atoms with Gasteiger partial charge in [0.15, 0.2) is 0 Å². The zero-order valence-electron chi connectivity index (χ0n) is 16.6. The number of fused-ring (bicyclic) bond motifs is 2. The minimum Gasteiger partial charge on any atom is -0.496 e. The molecule has 1 spiro atoms. The van der Waals surface area contributed by atoms with Gasteiger partial charge >= 0.3 is 0 Å². The molecule has 3 aliphatic rings. The number of aryl methyl sites for hydroxylation is 3. The quantitative estimate of drug-likeness (QED) is 0.891. The number of hydrogen-bond acceptors (Lipinski definition) is 3. The molecule has 1 unspecified atom stereocenters. The van der Waals surface area contributed by atoms with Crippen molar-refractivity contribution in [3.63, 3.8) is 0 Å². The van der Waals surface area contributed by atoms with E-state index in [0.717, 1.165) is 50.2 Å². The van der Waals surface area contributed by atoms with Crippen molar-refractivity contribution in [2.75, 3.05) is 20.2 Å². The summed E-state index contributed by atoms with van der Waals surface area (Å²) in [5, 5.41) is 3.38. The summed E-state index contributed by atoms with van der Waals surface area (Å²) in [6, 6.07) is 12.6. The molecule has 2 aromatic carbocycles. The van der Waals surface area contributed by atoms with Crippen molar-refractivity contribution in [2.24, 2.45) is 0 Å². The van der Waals surface area contributed by atoms with Crippen LogP contribution in [0.2, 0.25) is 0 Å². The van der Waals surface area contributed by atoms with Gasteiger partial charge in [0.2, 0.25) is 0 Å². The van der Waals surface area contributed by atoms with Gasteiger partial charge in [-0.1, -0.05) is 24.3 Å². The van der Waals surface area contributed by atoms with Gasteiger partial charge in [-0.15, -0.1) is 0 Å². The number of ether oxygens (including phenoxy) is 1. The molecule has 2 aromatic rings. The molecule has 0 saturated carbocycles. The molecule has 0 aromatic heterocycles. The number of nitrogens with zero attached hydrogens (tertiary/aromatic N) is 1. The molecule has 4 nitrogen and oxygen atoms in total. The van der Waals surface area contributed by atoms with E-state index >= 15 is 0 Å². The molecule has 5 rings (SSSR count). The molecular weight excluding hydrogens is 348 g/mol. The number of rotatable bonds is 3. The zero-order chi connectivity index (χ0) is 19.1. The van der Waals surface area contributed by atoms with Crippen LogP contribution in [0.4, 0.5) is 0 Å². The number of carbonyl (C=O) groups excluding carboxylic acids is 1. The van der Waals surface area contributed by atoms with Gasteiger partial charge in [-0.3, -0.25) is 9.69 Å². The lowest BCUT2D eigenvalue weighted by molar-refractivity contribution is 0.0902. The second kappa shape index (κ2) is 6.93. The van der Waals surface area contributed by atoms with Crippen LogP contribution >= 0.6 is 0 Å². The Labute approximate surface area is 166 Å². The first-order valence-corrected chi connectivity index (χ1v) is 10.5. The van der Waals surface area contributed by atoms with E-state index in [2.05, 4.69) is 28.4 Å². The van der Waals surface area contributed by atoms with Gasteiger partial charge in [-0.2, -0.15) is 0 Å². The van der Waals surface area contributed by atoms with E-state index in [1.54, 1.807) is 7.11 Å². The average molecular weight is 377 g/mol. The highest BCUT2D eigenvalue weighted by Gasteiger charge is 2.41. The molecule has 4 heteroatoms. The Morgan fingerprint density at radius 3 is 2.75 bits per heavy atom. The summed E-state index contributed by atoms with van der Waals surface area (Å²) in [5.41, 5.74) is 6.13. The van der Waals surface area contributed by atoms with Gasteiger partial charge in [0.05, 0.1) is 12.6 Å². The zero-order valence-corrected chi connectivity index (χ0v) is 16.6. The fourth-order valence-electron chi connectivity index (χ4n) is 5.31. The van der Waals surface area contributed by atoms with Crippen LogP contribution in [-0.4, -0.2) is 36.5 Å². The van der Waals surface area contributed by atoms with Gasteiger partial charge in [0, 0.05) is 30.8 Å². The number of amides is 1. The Kier molecular flexibility index (Phi) is 4.39. The summed E-state index contributed by atoms with van der Waals surface area (Å²) in [6.45, 7) is 2.81. The second-order valence-electron chi connectivity index (χ2n) is 8.64. The van der Waals surface area contributed by atoms with Crippen LogP contribution in [0.5, 0.6) is 5.75 Å². The highest BCUT2D eigenvalue weighted by Crippen LogP contribution is 2.34. The van der Waals surface area contributed by atoms with Crippen LogP contribution in [-0.2, 0) is 25.8 Å². The maximum atomic E-state index is 12.8. The second-order valence-corrected chi connectivity index (χ2v) is 8.64. The summed E-state index contributed by atoms with van der Waals surface area (Å²) in [4.78, 5) is 15.3. The molecule has 2 heterocycles. The lowest BCUT2D eigenvalue weighted by Gasteiger charge is -2.29. The number of methoxy groups -OCH3 is 1. The van der Waals surface area contributed by atoms with Crippen LogP contribution < -0.4 is 10.1 Å². The number of benzene rings is 2. The smallest absolute Gasteiger partial charge is 0.252 e. The van der Waals surface area contributed by atoms with E-state index in [1.807, 2.05) is 18.2 Å². The van der Waals surface area contributed by atoms with E-state index < -0.39 is 0 Å². The SMILES string of the molecule is COc1cc2c(cc1CN1CCC3(CCc4ccccc4C(=O)N3)C1)CCC2. The lowest BCUT2D eigenvalue weighted by Crippen LogP contribution is -2.49. The van der Waals surface area contributed by atoms with Crippen molar-refractivity contribution in [1.29, 1.82) is 0 Å². The van der Waals surface area contributed by atoms with Crippen molar-refractivity contribution >= 4 is 5.91 Å². The Balaban J connectivity index is 1.34. The Bertz CT molecular complexity index is 923. The predicted molar refractivity (Wildman–Crippen MR) is 110 cm³/mol. The monoisotopic (exact) mass is 376 g/mol. The van der Waals surface area contributed by atoms with Gasteiger partial charge in [0.1, 0.15) is 5.75 Å².